The molecule has 3 heteroatoms. The minimum Gasteiger partial charge on any atom is -0.342 e. The summed E-state index contributed by atoms with van der Waals surface area (Å²) in [4.78, 5) is 12.5. The molecule has 2 aromatic rings. The Morgan fingerprint density at radius 2 is 1.95 bits per heavy atom. The lowest BCUT2D eigenvalue weighted by atomic mass is 10.1. The van der Waals surface area contributed by atoms with Gasteiger partial charge in [-0.05, 0) is 18.7 Å². The van der Waals surface area contributed by atoms with Gasteiger partial charge in [0.2, 0.25) is 0 Å². The number of ketones is 1. The van der Waals surface area contributed by atoms with E-state index in [0.717, 1.165) is 35.5 Å². The molecule has 1 aromatic heterocycles. The van der Waals surface area contributed by atoms with Crippen LogP contribution < -0.4 is 0 Å². The Morgan fingerprint density at radius 1 is 1.21 bits per heavy atom. The van der Waals surface area contributed by atoms with E-state index in [0.29, 0.717) is 0 Å². The first-order valence-corrected chi connectivity index (χ1v) is 7.83. The molecule has 1 heterocycles. The molecular formula is C16H19NOS. The van der Waals surface area contributed by atoms with Crippen LogP contribution in [-0.2, 0) is 6.54 Å². The summed E-state index contributed by atoms with van der Waals surface area (Å²) in [7, 11) is 0. The summed E-state index contributed by atoms with van der Waals surface area (Å²) in [5.74, 6) is 0.111. The molecule has 0 spiro atoms. The number of carbonyl (C=O) groups is 1. The standard InChI is InChI=1S/C16H19NOS/c1-3-4-11-17-12-10-14(16(17)19-2)15(18)13-8-6-5-7-9-13/h5-10,12H,3-4,11H2,1-2H3. The van der Waals surface area contributed by atoms with Crippen molar-refractivity contribution in [3.63, 3.8) is 0 Å². The second-order valence-corrected chi connectivity index (χ2v) is 5.28. The molecule has 0 N–H and O–H groups in total. The number of benzene rings is 1. The van der Waals surface area contributed by atoms with Crippen molar-refractivity contribution in [2.24, 2.45) is 0 Å². The van der Waals surface area contributed by atoms with Crippen LogP contribution in [-0.4, -0.2) is 16.6 Å². The van der Waals surface area contributed by atoms with Crippen LogP contribution >= 0.6 is 11.8 Å². The van der Waals surface area contributed by atoms with Gasteiger partial charge in [-0.15, -0.1) is 11.8 Å². The number of aryl methyl sites for hydroxylation is 1. The Morgan fingerprint density at radius 3 is 2.58 bits per heavy atom. The second kappa shape index (κ2) is 6.62. The molecule has 0 bridgehead atoms. The lowest BCUT2D eigenvalue weighted by molar-refractivity contribution is 0.103. The Kier molecular flexibility index (Phi) is 4.86. The van der Waals surface area contributed by atoms with Crippen molar-refractivity contribution in [3.8, 4) is 0 Å². The zero-order valence-corrected chi connectivity index (χ0v) is 12.2. The summed E-state index contributed by atoms with van der Waals surface area (Å²) in [5.41, 5.74) is 1.57. The molecule has 100 valence electrons. The summed E-state index contributed by atoms with van der Waals surface area (Å²) < 4.78 is 2.18. The number of thioether (sulfide) groups is 1. The van der Waals surface area contributed by atoms with Crippen LogP contribution in [0.5, 0.6) is 0 Å². The van der Waals surface area contributed by atoms with Gasteiger partial charge in [0.1, 0.15) is 0 Å². The fourth-order valence-electron chi connectivity index (χ4n) is 2.11. The fourth-order valence-corrected chi connectivity index (χ4v) is 2.88. The second-order valence-electron chi connectivity index (χ2n) is 4.48. The van der Waals surface area contributed by atoms with Crippen molar-refractivity contribution >= 4 is 17.5 Å². The monoisotopic (exact) mass is 273 g/mol. The van der Waals surface area contributed by atoms with Crippen molar-refractivity contribution in [2.75, 3.05) is 6.26 Å². The van der Waals surface area contributed by atoms with E-state index in [2.05, 4.69) is 11.5 Å². The average molecular weight is 273 g/mol. The SMILES string of the molecule is CCCCn1ccc(C(=O)c2ccccc2)c1SC. The van der Waals surface area contributed by atoms with Crippen LogP contribution in [0.1, 0.15) is 35.7 Å². The van der Waals surface area contributed by atoms with Crippen LogP contribution in [0.4, 0.5) is 0 Å². The van der Waals surface area contributed by atoms with E-state index in [1.807, 2.05) is 48.9 Å². The maximum atomic E-state index is 12.5. The van der Waals surface area contributed by atoms with Crippen LogP contribution in [0, 0.1) is 0 Å². The van der Waals surface area contributed by atoms with Gasteiger partial charge >= 0.3 is 0 Å². The third kappa shape index (κ3) is 3.10. The van der Waals surface area contributed by atoms with E-state index >= 15 is 0 Å². The summed E-state index contributed by atoms with van der Waals surface area (Å²) >= 11 is 1.64. The molecule has 2 rings (SSSR count). The maximum absolute atomic E-state index is 12.5. The van der Waals surface area contributed by atoms with E-state index in [1.54, 1.807) is 11.8 Å². The van der Waals surface area contributed by atoms with Gasteiger partial charge in [-0.3, -0.25) is 4.79 Å². The molecule has 0 fully saturated rings. The normalized spacial score (nSPS) is 10.6. The van der Waals surface area contributed by atoms with Crippen LogP contribution in [0.25, 0.3) is 0 Å². The van der Waals surface area contributed by atoms with E-state index in [9.17, 15) is 4.79 Å². The largest absolute Gasteiger partial charge is 0.342 e. The molecule has 0 aliphatic carbocycles. The molecule has 1 aromatic carbocycles. The Labute approximate surface area is 118 Å². The Hall–Kier alpha value is -1.48. The molecule has 0 saturated carbocycles. The highest BCUT2D eigenvalue weighted by atomic mass is 32.2. The first kappa shape index (κ1) is 13.9. The van der Waals surface area contributed by atoms with Gasteiger partial charge in [0.15, 0.2) is 5.78 Å². The number of nitrogens with zero attached hydrogens (tertiary/aromatic N) is 1. The van der Waals surface area contributed by atoms with Gasteiger partial charge < -0.3 is 4.57 Å². The number of carbonyl (C=O) groups excluding carboxylic acids is 1. The summed E-state index contributed by atoms with van der Waals surface area (Å²) in [6.45, 7) is 3.16. The average Bonchev–Trinajstić information content (AvgIpc) is 2.88. The van der Waals surface area contributed by atoms with Gasteiger partial charge in [0.25, 0.3) is 0 Å². The van der Waals surface area contributed by atoms with Gasteiger partial charge in [-0.2, -0.15) is 0 Å². The van der Waals surface area contributed by atoms with Crippen LogP contribution in [0.15, 0.2) is 47.6 Å². The maximum Gasteiger partial charge on any atom is 0.195 e. The lowest BCUT2D eigenvalue weighted by Gasteiger charge is -2.08. The number of unbranched alkanes of at least 4 members (excludes halogenated alkanes) is 1. The minimum atomic E-state index is 0.111. The predicted molar refractivity (Wildman–Crippen MR) is 81.0 cm³/mol. The number of aromatic nitrogens is 1. The molecular weight excluding hydrogens is 254 g/mol. The molecule has 0 unspecified atom stereocenters. The van der Waals surface area contributed by atoms with Crippen LogP contribution in [0.2, 0.25) is 0 Å². The summed E-state index contributed by atoms with van der Waals surface area (Å²) in [6.07, 6.45) is 6.35. The van der Waals surface area contributed by atoms with Crippen molar-refractivity contribution < 1.29 is 4.79 Å². The summed E-state index contributed by atoms with van der Waals surface area (Å²) in [5, 5.41) is 1.07. The molecule has 2 nitrogen and oxygen atoms in total. The first-order chi connectivity index (χ1) is 9.27. The highest BCUT2D eigenvalue weighted by Gasteiger charge is 2.16. The third-order valence-electron chi connectivity index (χ3n) is 3.14. The zero-order chi connectivity index (χ0) is 13.7. The molecule has 0 atom stereocenters. The van der Waals surface area contributed by atoms with E-state index in [-0.39, 0.29) is 5.78 Å². The van der Waals surface area contributed by atoms with Gasteiger partial charge in [0.05, 0.1) is 10.6 Å². The van der Waals surface area contributed by atoms with Gasteiger partial charge in [-0.1, -0.05) is 43.7 Å². The van der Waals surface area contributed by atoms with Gasteiger partial charge in [0, 0.05) is 18.3 Å². The summed E-state index contributed by atoms with van der Waals surface area (Å²) in [6, 6.07) is 11.4. The number of rotatable bonds is 6. The molecule has 0 saturated heterocycles. The molecule has 0 aliphatic heterocycles. The highest BCUT2D eigenvalue weighted by molar-refractivity contribution is 7.98. The molecule has 0 aliphatic rings. The van der Waals surface area contributed by atoms with E-state index < -0.39 is 0 Å². The fraction of sp³-hybridized carbons (Fsp3) is 0.312. The highest BCUT2D eigenvalue weighted by Crippen LogP contribution is 2.25. The molecule has 19 heavy (non-hydrogen) atoms. The smallest absolute Gasteiger partial charge is 0.195 e. The minimum absolute atomic E-state index is 0.111. The van der Waals surface area contributed by atoms with E-state index in [4.69, 9.17) is 0 Å². The zero-order valence-electron chi connectivity index (χ0n) is 11.4. The Balaban J connectivity index is 2.30. The van der Waals surface area contributed by atoms with Crippen molar-refractivity contribution in [1.29, 1.82) is 0 Å². The number of hydrogen-bond acceptors (Lipinski definition) is 2. The molecule has 0 amide bonds. The van der Waals surface area contributed by atoms with Gasteiger partial charge in [-0.25, -0.2) is 0 Å². The quantitative estimate of drug-likeness (QED) is 0.580. The number of hydrogen-bond donors (Lipinski definition) is 0. The predicted octanol–water partition coefficient (Wildman–Crippen LogP) is 4.24. The lowest BCUT2D eigenvalue weighted by Crippen LogP contribution is -2.04. The molecule has 0 radical (unpaired) electrons. The Bertz CT molecular complexity index is 545. The van der Waals surface area contributed by atoms with Crippen molar-refractivity contribution in [1.82, 2.24) is 4.57 Å². The van der Waals surface area contributed by atoms with Crippen LogP contribution in [0.3, 0.4) is 0 Å². The first-order valence-electron chi connectivity index (χ1n) is 6.60. The third-order valence-corrected chi connectivity index (χ3v) is 3.98. The van der Waals surface area contributed by atoms with Crippen molar-refractivity contribution in [3.05, 3.63) is 53.7 Å². The van der Waals surface area contributed by atoms with E-state index in [1.165, 1.54) is 0 Å². The topological polar surface area (TPSA) is 22.0 Å². The van der Waals surface area contributed by atoms with Crippen molar-refractivity contribution in [2.45, 2.75) is 31.3 Å².